The molecule has 0 unspecified atom stereocenters. The highest BCUT2D eigenvalue weighted by molar-refractivity contribution is 7.15. The summed E-state index contributed by atoms with van der Waals surface area (Å²) in [4.78, 5) is 11.4. The Hall–Kier alpha value is -2.34. The Labute approximate surface area is 126 Å². The summed E-state index contributed by atoms with van der Waals surface area (Å²) in [7, 11) is 0. The first-order valence-electron chi connectivity index (χ1n) is 6.90. The predicted molar refractivity (Wildman–Crippen MR) is 86.2 cm³/mol. The molecule has 1 aliphatic heterocycles. The van der Waals surface area contributed by atoms with Crippen molar-refractivity contribution >= 4 is 17.3 Å². The van der Waals surface area contributed by atoms with Gasteiger partial charge in [-0.3, -0.25) is 4.98 Å². The standard InChI is InChI=1S/C15H15N5S/c1-10-2-3-12(21-10)13-14(11-4-6-16-7-5-11)20-15(19-13)17-8-9-18-20/h2-7,18H,8-9H2,1H3,(H,17,19). The van der Waals surface area contributed by atoms with Gasteiger partial charge < -0.3 is 10.7 Å². The molecule has 4 heterocycles. The Balaban J connectivity index is 1.96. The minimum atomic E-state index is 0.870. The van der Waals surface area contributed by atoms with Gasteiger partial charge in [0, 0.05) is 35.9 Å². The number of thiophene rings is 1. The van der Waals surface area contributed by atoms with Crippen LogP contribution in [0.3, 0.4) is 0 Å². The third-order valence-corrected chi connectivity index (χ3v) is 4.49. The Bertz CT molecular complexity index is 775. The first-order valence-corrected chi connectivity index (χ1v) is 7.72. The Morgan fingerprint density at radius 1 is 1.14 bits per heavy atom. The zero-order chi connectivity index (χ0) is 14.2. The molecule has 0 aromatic carbocycles. The fourth-order valence-electron chi connectivity index (χ4n) is 2.54. The van der Waals surface area contributed by atoms with Gasteiger partial charge in [0.25, 0.3) is 0 Å². The maximum Gasteiger partial charge on any atom is 0.223 e. The smallest absolute Gasteiger partial charge is 0.223 e. The highest BCUT2D eigenvalue weighted by atomic mass is 32.1. The second-order valence-corrected chi connectivity index (χ2v) is 6.24. The van der Waals surface area contributed by atoms with Crippen molar-refractivity contribution in [3.05, 3.63) is 41.5 Å². The molecule has 0 saturated carbocycles. The second-order valence-electron chi connectivity index (χ2n) is 4.95. The van der Waals surface area contributed by atoms with E-state index in [1.807, 2.05) is 29.2 Å². The molecule has 0 fully saturated rings. The molecule has 106 valence electrons. The van der Waals surface area contributed by atoms with Gasteiger partial charge in [0.1, 0.15) is 11.4 Å². The molecule has 0 aliphatic carbocycles. The summed E-state index contributed by atoms with van der Waals surface area (Å²) in [6, 6.07) is 8.31. The van der Waals surface area contributed by atoms with E-state index in [1.165, 1.54) is 9.75 Å². The molecule has 0 atom stereocenters. The molecule has 0 saturated heterocycles. The summed E-state index contributed by atoms with van der Waals surface area (Å²) >= 11 is 1.77. The van der Waals surface area contributed by atoms with Crippen molar-refractivity contribution in [2.45, 2.75) is 6.92 Å². The van der Waals surface area contributed by atoms with Gasteiger partial charge in [-0.1, -0.05) is 0 Å². The molecular weight excluding hydrogens is 282 g/mol. The number of fused-ring (bicyclic) bond motifs is 1. The van der Waals surface area contributed by atoms with Crippen molar-refractivity contribution in [3.63, 3.8) is 0 Å². The number of nitrogens with zero attached hydrogens (tertiary/aromatic N) is 3. The lowest BCUT2D eigenvalue weighted by Crippen LogP contribution is -2.30. The van der Waals surface area contributed by atoms with E-state index in [0.717, 1.165) is 36.0 Å². The Kier molecular flexibility index (Phi) is 2.89. The average molecular weight is 297 g/mol. The number of rotatable bonds is 2. The van der Waals surface area contributed by atoms with Gasteiger partial charge in [-0.2, -0.15) is 0 Å². The van der Waals surface area contributed by atoms with E-state index in [9.17, 15) is 0 Å². The van der Waals surface area contributed by atoms with Gasteiger partial charge in [-0.05, 0) is 31.2 Å². The van der Waals surface area contributed by atoms with Crippen LogP contribution in [0.25, 0.3) is 21.8 Å². The number of pyridine rings is 1. The van der Waals surface area contributed by atoms with Gasteiger partial charge in [0.15, 0.2) is 0 Å². The number of aromatic nitrogens is 3. The lowest BCUT2D eigenvalue weighted by molar-refractivity contribution is 0.798. The molecule has 0 spiro atoms. The molecule has 6 heteroatoms. The topological polar surface area (TPSA) is 54.8 Å². The molecular formula is C15H15N5S. The normalized spacial score (nSPS) is 13.4. The van der Waals surface area contributed by atoms with Crippen LogP contribution in [0, 0.1) is 6.92 Å². The van der Waals surface area contributed by atoms with Crippen LogP contribution in [0.1, 0.15) is 4.88 Å². The van der Waals surface area contributed by atoms with E-state index in [-0.39, 0.29) is 0 Å². The lowest BCUT2D eigenvalue weighted by Gasteiger charge is -2.20. The highest BCUT2D eigenvalue weighted by Gasteiger charge is 2.22. The predicted octanol–water partition coefficient (Wildman–Crippen LogP) is 2.95. The third-order valence-electron chi connectivity index (χ3n) is 3.48. The average Bonchev–Trinajstić information content (AvgIpc) is 3.11. The van der Waals surface area contributed by atoms with Crippen molar-refractivity contribution in [1.29, 1.82) is 0 Å². The number of anilines is 1. The van der Waals surface area contributed by atoms with Gasteiger partial charge in [0.05, 0.1) is 4.88 Å². The van der Waals surface area contributed by atoms with E-state index in [2.05, 4.69) is 34.8 Å². The number of imidazole rings is 1. The van der Waals surface area contributed by atoms with Crippen molar-refractivity contribution in [2.24, 2.45) is 0 Å². The van der Waals surface area contributed by atoms with Gasteiger partial charge in [0.2, 0.25) is 5.95 Å². The molecule has 21 heavy (non-hydrogen) atoms. The second kappa shape index (κ2) is 4.89. The zero-order valence-electron chi connectivity index (χ0n) is 11.6. The zero-order valence-corrected chi connectivity index (χ0v) is 12.4. The maximum atomic E-state index is 4.79. The number of hydrogen-bond acceptors (Lipinski definition) is 5. The van der Waals surface area contributed by atoms with Gasteiger partial charge >= 0.3 is 0 Å². The van der Waals surface area contributed by atoms with Crippen LogP contribution in [0.4, 0.5) is 5.95 Å². The van der Waals surface area contributed by atoms with Crippen LogP contribution < -0.4 is 10.7 Å². The van der Waals surface area contributed by atoms with E-state index in [4.69, 9.17) is 4.98 Å². The van der Waals surface area contributed by atoms with Gasteiger partial charge in [-0.25, -0.2) is 9.66 Å². The summed E-state index contributed by atoms with van der Waals surface area (Å²) in [5, 5.41) is 3.35. The molecule has 5 nitrogen and oxygen atoms in total. The minimum absolute atomic E-state index is 0.870. The molecule has 3 aromatic heterocycles. The van der Waals surface area contributed by atoms with Crippen LogP contribution in [0.15, 0.2) is 36.7 Å². The van der Waals surface area contributed by atoms with Crippen LogP contribution in [0.2, 0.25) is 0 Å². The summed E-state index contributed by atoms with van der Waals surface area (Å²) in [6.45, 7) is 3.88. The molecule has 0 bridgehead atoms. The van der Waals surface area contributed by atoms with Crippen LogP contribution in [-0.4, -0.2) is 27.7 Å². The molecule has 0 radical (unpaired) electrons. The summed E-state index contributed by atoms with van der Waals surface area (Å²) in [5.41, 5.74) is 6.61. The molecule has 0 amide bonds. The Morgan fingerprint density at radius 2 is 2.00 bits per heavy atom. The molecule has 1 aliphatic rings. The highest BCUT2D eigenvalue weighted by Crippen LogP contribution is 2.37. The SMILES string of the molecule is Cc1ccc(-c2nc3n(c2-c2ccncc2)NCCN3)s1. The third kappa shape index (κ3) is 2.08. The van der Waals surface area contributed by atoms with Crippen molar-refractivity contribution in [2.75, 3.05) is 23.8 Å². The number of hydrogen-bond donors (Lipinski definition) is 2. The van der Waals surface area contributed by atoms with E-state index in [0.29, 0.717) is 0 Å². The molecule has 3 aromatic rings. The summed E-state index contributed by atoms with van der Waals surface area (Å²) < 4.78 is 2.04. The number of nitrogens with one attached hydrogen (secondary N) is 2. The summed E-state index contributed by atoms with van der Waals surface area (Å²) in [5.74, 6) is 0.870. The fourth-order valence-corrected chi connectivity index (χ4v) is 3.40. The van der Waals surface area contributed by atoms with E-state index < -0.39 is 0 Å². The van der Waals surface area contributed by atoms with Crippen LogP contribution >= 0.6 is 11.3 Å². The largest absolute Gasteiger partial charge is 0.352 e. The van der Waals surface area contributed by atoms with Crippen LogP contribution in [0.5, 0.6) is 0 Å². The molecule has 2 N–H and O–H groups in total. The first kappa shape index (κ1) is 12.4. The summed E-state index contributed by atoms with van der Waals surface area (Å²) in [6.07, 6.45) is 3.63. The fraction of sp³-hybridized carbons (Fsp3) is 0.200. The maximum absolute atomic E-state index is 4.79. The monoisotopic (exact) mass is 297 g/mol. The first-order chi connectivity index (χ1) is 10.3. The quantitative estimate of drug-likeness (QED) is 0.763. The van der Waals surface area contributed by atoms with Crippen molar-refractivity contribution in [3.8, 4) is 21.8 Å². The lowest BCUT2D eigenvalue weighted by atomic mass is 10.1. The van der Waals surface area contributed by atoms with E-state index >= 15 is 0 Å². The molecule has 4 rings (SSSR count). The van der Waals surface area contributed by atoms with Crippen molar-refractivity contribution < 1.29 is 0 Å². The van der Waals surface area contributed by atoms with E-state index in [1.54, 1.807) is 11.3 Å². The van der Waals surface area contributed by atoms with Gasteiger partial charge in [-0.15, -0.1) is 11.3 Å². The van der Waals surface area contributed by atoms with Crippen LogP contribution in [-0.2, 0) is 0 Å². The Morgan fingerprint density at radius 3 is 2.76 bits per heavy atom. The van der Waals surface area contributed by atoms with Crippen molar-refractivity contribution in [1.82, 2.24) is 14.6 Å². The minimum Gasteiger partial charge on any atom is -0.352 e. The number of aryl methyl sites for hydroxylation is 1.